The molecule has 0 bridgehead atoms. The van der Waals surface area contributed by atoms with E-state index >= 15 is 0 Å². The van der Waals surface area contributed by atoms with Gasteiger partial charge in [-0.1, -0.05) is 0 Å². The summed E-state index contributed by atoms with van der Waals surface area (Å²) in [7, 11) is 0. The van der Waals surface area contributed by atoms with Crippen molar-refractivity contribution in [2.24, 2.45) is 0 Å². The van der Waals surface area contributed by atoms with Crippen molar-refractivity contribution in [2.75, 3.05) is 17.6 Å². The van der Waals surface area contributed by atoms with Crippen molar-refractivity contribution in [3.63, 3.8) is 0 Å². The number of hydrogen-bond donors (Lipinski definition) is 1. The van der Waals surface area contributed by atoms with E-state index in [0.717, 1.165) is 0 Å². The highest BCUT2D eigenvalue weighted by Crippen LogP contribution is 2.29. The summed E-state index contributed by atoms with van der Waals surface area (Å²) in [6.07, 6.45) is 0. The zero-order valence-corrected chi connectivity index (χ0v) is 9.88. The van der Waals surface area contributed by atoms with Gasteiger partial charge in [-0.25, -0.2) is 9.97 Å². The van der Waals surface area contributed by atoms with Crippen LogP contribution in [0.25, 0.3) is 0 Å². The van der Waals surface area contributed by atoms with E-state index in [9.17, 15) is 13.2 Å². The quantitative estimate of drug-likeness (QED) is 0.674. The first-order chi connectivity index (χ1) is 7.37. The van der Waals surface area contributed by atoms with E-state index in [2.05, 4.69) is 15.3 Å². The molecule has 0 fully saturated rings. The average Bonchev–Trinajstić information content (AvgIpc) is 2.09. The summed E-state index contributed by atoms with van der Waals surface area (Å²) in [5.74, 6) is 0.352. The van der Waals surface area contributed by atoms with E-state index in [0.29, 0.717) is 11.5 Å². The van der Waals surface area contributed by atoms with E-state index in [-0.39, 0.29) is 29.3 Å². The molecule has 0 aromatic carbocycles. The summed E-state index contributed by atoms with van der Waals surface area (Å²) in [6, 6.07) is 1.62. The molecule has 90 valence electrons. The highest BCUT2D eigenvalue weighted by Gasteiger charge is 2.27. The summed E-state index contributed by atoms with van der Waals surface area (Å²) in [5, 5.41) is 2.82. The van der Waals surface area contributed by atoms with Crippen LogP contribution in [0.2, 0.25) is 5.28 Å². The number of nitrogens with zero attached hydrogens (tertiary/aromatic N) is 2. The number of aryl methyl sites for hydroxylation is 1. The van der Waals surface area contributed by atoms with Crippen LogP contribution in [0.3, 0.4) is 0 Å². The molecule has 0 atom stereocenters. The van der Waals surface area contributed by atoms with Crippen LogP contribution in [0.15, 0.2) is 6.07 Å². The van der Waals surface area contributed by atoms with Gasteiger partial charge in [-0.3, -0.25) is 0 Å². The van der Waals surface area contributed by atoms with Gasteiger partial charge < -0.3 is 5.32 Å². The van der Waals surface area contributed by atoms with E-state index in [1.807, 2.05) is 0 Å². The van der Waals surface area contributed by atoms with Crippen LogP contribution in [0, 0.1) is 6.92 Å². The van der Waals surface area contributed by atoms with E-state index in [1.165, 1.54) is 0 Å². The fraction of sp³-hybridized carbons (Fsp3) is 0.500. The molecule has 0 radical (unpaired) electrons. The van der Waals surface area contributed by atoms with Crippen LogP contribution in [-0.2, 0) is 0 Å². The topological polar surface area (TPSA) is 37.8 Å². The van der Waals surface area contributed by atoms with Gasteiger partial charge in [0.2, 0.25) is 5.28 Å². The van der Waals surface area contributed by atoms with Crippen LogP contribution in [-0.4, -0.2) is 27.8 Å². The van der Waals surface area contributed by atoms with Crippen molar-refractivity contribution in [1.29, 1.82) is 0 Å². The summed E-state index contributed by atoms with van der Waals surface area (Å²) >= 11 is 5.51. The van der Waals surface area contributed by atoms with Gasteiger partial charge in [0, 0.05) is 24.1 Å². The second-order valence-electron chi connectivity index (χ2n) is 2.88. The summed E-state index contributed by atoms with van der Waals surface area (Å²) in [6.45, 7) is 1.89. The number of nitrogens with one attached hydrogen (secondary N) is 1. The Morgan fingerprint density at radius 1 is 1.44 bits per heavy atom. The first kappa shape index (κ1) is 13.4. The van der Waals surface area contributed by atoms with Crippen LogP contribution in [0.5, 0.6) is 0 Å². The maximum atomic E-state index is 11.8. The van der Waals surface area contributed by atoms with Crippen molar-refractivity contribution in [3.8, 4) is 0 Å². The molecule has 1 aromatic rings. The maximum Gasteiger partial charge on any atom is 0.441 e. The minimum atomic E-state index is -4.19. The van der Waals surface area contributed by atoms with Crippen LogP contribution >= 0.6 is 23.4 Å². The summed E-state index contributed by atoms with van der Waals surface area (Å²) < 4.78 is 35.4. The molecule has 0 amide bonds. The highest BCUT2D eigenvalue weighted by atomic mass is 35.5. The lowest BCUT2D eigenvalue weighted by atomic mass is 10.4. The monoisotopic (exact) mass is 271 g/mol. The van der Waals surface area contributed by atoms with Gasteiger partial charge in [-0.2, -0.15) is 13.2 Å². The minimum absolute atomic E-state index is 0.0750. The van der Waals surface area contributed by atoms with Gasteiger partial charge >= 0.3 is 5.51 Å². The molecule has 3 nitrogen and oxygen atoms in total. The molecule has 1 aromatic heterocycles. The van der Waals surface area contributed by atoms with Gasteiger partial charge in [-0.15, -0.1) is 0 Å². The predicted octanol–water partition coefficient (Wildman–Crippen LogP) is 3.10. The smallest absolute Gasteiger partial charge is 0.369 e. The lowest BCUT2D eigenvalue weighted by molar-refractivity contribution is -0.0327. The third kappa shape index (κ3) is 5.41. The molecule has 0 saturated carbocycles. The van der Waals surface area contributed by atoms with Crippen molar-refractivity contribution >= 4 is 29.2 Å². The summed E-state index contributed by atoms with van der Waals surface area (Å²) in [4.78, 5) is 7.65. The molecule has 1 rings (SSSR count). The Hall–Kier alpha value is -0.690. The van der Waals surface area contributed by atoms with E-state index < -0.39 is 5.51 Å². The molecule has 0 saturated heterocycles. The van der Waals surface area contributed by atoms with Crippen molar-refractivity contribution in [3.05, 3.63) is 17.0 Å². The number of thioether (sulfide) groups is 1. The predicted molar refractivity (Wildman–Crippen MR) is 58.8 cm³/mol. The Kier molecular flexibility index (Phi) is 4.67. The summed E-state index contributed by atoms with van der Waals surface area (Å²) in [5.41, 5.74) is -3.54. The Balaban J connectivity index is 2.37. The Bertz CT molecular complexity index is 339. The number of aromatic nitrogens is 2. The van der Waals surface area contributed by atoms with Gasteiger partial charge in [0.25, 0.3) is 0 Å². The van der Waals surface area contributed by atoms with E-state index in [1.54, 1.807) is 13.0 Å². The normalized spacial score (nSPS) is 11.6. The Morgan fingerprint density at radius 2 is 2.12 bits per heavy atom. The lowest BCUT2D eigenvalue weighted by Crippen LogP contribution is -2.10. The zero-order valence-electron chi connectivity index (χ0n) is 8.31. The molecule has 0 spiro atoms. The third-order valence-corrected chi connectivity index (χ3v) is 2.41. The molecule has 0 aliphatic carbocycles. The first-order valence-corrected chi connectivity index (χ1v) is 5.69. The molecule has 0 aliphatic heterocycles. The number of alkyl halides is 3. The zero-order chi connectivity index (χ0) is 12.2. The molecule has 1 heterocycles. The van der Waals surface area contributed by atoms with E-state index in [4.69, 9.17) is 11.6 Å². The first-order valence-electron chi connectivity index (χ1n) is 4.32. The molecule has 0 aliphatic rings. The van der Waals surface area contributed by atoms with Crippen molar-refractivity contribution in [2.45, 2.75) is 12.4 Å². The fourth-order valence-electron chi connectivity index (χ4n) is 0.969. The number of anilines is 1. The second kappa shape index (κ2) is 5.58. The van der Waals surface area contributed by atoms with Gasteiger partial charge in [0.1, 0.15) is 5.82 Å². The Morgan fingerprint density at radius 3 is 2.69 bits per heavy atom. The van der Waals surface area contributed by atoms with Crippen molar-refractivity contribution < 1.29 is 13.2 Å². The van der Waals surface area contributed by atoms with Crippen LogP contribution < -0.4 is 5.32 Å². The van der Waals surface area contributed by atoms with Gasteiger partial charge in [-0.05, 0) is 30.3 Å². The average molecular weight is 272 g/mol. The SMILES string of the molecule is Cc1cc(NCCSC(F)(F)F)nc(Cl)n1. The van der Waals surface area contributed by atoms with Gasteiger partial charge in [0.15, 0.2) is 0 Å². The molecule has 0 unspecified atom stereocenters. The Labute approximate surface area is 99.8 Å². The third-order valence-electron chi connectivity index (χ3n) is 1.50. The molecule has 1 N–H and O–H groups in total. The largest absolute Gasteiger partial charge is 0.441 e. The number of hydrogen-bond acceptors (Lipinski definition) is 4. The molecular weight excluding hydrogens is 263 g/mol. The maximum absolute atomic E-state index is 11.8. The molecule has 8 heteroatoms. The fourth-order valence-corrected chi connectivity index (χ4v) is 1.63. The minimum Gasteiger partial charge on any atom is -0.369 e. The standard InChI is InChI=1S/C8H9ClF3N3S/c1-5-4-6(15-7(9)14-5)13-2-3-16-8(10,11)12/h4H,2-3H2,1H3,(H,13,14,15). The number of rotatable bonds is 4. The van der Waals surface area contributed by atoms with Crippen LogP contribution in [0.4, 0.5) is 19.0 Å². The highest BCUT2D eigenvalue weighted by molar-refractivity contribution is 8.00. The number of halogens is 4. The molecular formula is C8H9ClF3N3S. The molecule has 16 heavy (non-hydrogen) atoms. The second-order valence-corrected chi connectivity index (χ2v) is 4.38. The van der Waals surface area contributed by atoms with Crippen LogP contribution in [0.1, 0.15) is 5.69 Å². The van der Waals surface area contributed by atoms with Crippen molar-refractivity contribution in [1.82, 2.24) is 9.97 Å². The lowest BCUT2D eigenvalue weighted by Gasteiger charge is -2.07. The van der Waals surface area contributed by atoms with Gasteiger partial charge in [0.05, 0.1) is 0 Å².